The Hall–Kier alpha value is -0.870. The van der Waals surface area contributed by atoms with Crippen molar-refractivity contribution >= 4 is 0 Å². The van der Waals surface area contributed by atoms with Crippen molar-refractivity contribution in [1.82, 2.24) is 20.0 Å². The van der Waals surface area contributed by atoms with Gasteiger partial charge in [-0.3, -0.25) is 4.68 Å². The van der Waals surface area contributed by atoms with Crippen molar-refractivity contribution in [3.63, 3.8) is 0 Å². The van der Waals surface area contributed by atoms with E-state index in [2.05, 4.69) is 35.5 Å². The topological polar surface area (TPSA) is 33.1 Å². The summed E-state index contributed by atoms with van der Waals surface area (Å²) in [6.45, 7) is 6.39. The van der Waals surface area contributed by atoms with Crippen LogP contribution in [0.2, 0.25) is 0 Å². The summed E-state index contributed by atoms with van der Waals surface area (Å²) in [4.78, 5) is 2.39. The molecule has 1 aromatic heterocycles. The second-order valence-electron chi connectivity index (χ2n) is 5.05. The molecule has 1 aliphatic heterocycles. The SMILES string of the molecule is CCn1cc(CN(C)CC2CCCCN2)cn1. The molecule has 2 heterocycles. The summed E-state index contributed by atoms with van der Waals surface area (Å²) < 4.78 is 1.99. The molecular formula is C13H24N4. The van der Waals surface area contributed by atoms with Crippen LogP contribution >= 0.6 is 0 Å². The van der Waals surface area contributed by atoms with E-state index in [4.69, 9.17) is 0 Å². The number of hydrogen-bond donors (Lipinski definition) is 1. The van der Waals surface area contributed by atoms with Crippen molar-refractivity contribution in [3.05, 3.63) is 18.0 Å². The quantitative estimate of drug-likeness (QED) is 0.840. The van der Waals surface area contributed by atoms with Crippen molar-refractivity contribution < 1.29 is 0 Å². The van der Waals surface area contributed by atoms with Crippen LogP contribution < -0.4 is 5.32 Å². The fourth-order valence-electron chi connectivity index (χ4n) is 2.49. The molecule has 4 nitrogen and oxygen atoms in total. The molecule has 17 heavy (non-hydrogen) atoms. The smallest absolute Gasteiger partial charge is 0.0534 e. The van der Waals surface area contributed by atoms with Crippen LogP contribution in [0.15, 0.2) is 12.4 Å². The summed E-state index contributed by atoms with van der Waals surface area (Å²) in [5.41, 5.74) is 1.31. The Bertz CT molecular complexity index is 328. The van der Waals surface area contributed by atoms with Gasteiger partial charge in [-0.2, -0.15) is 5.10 Å². The zero-order valence-corrected chi connectivity index (χ0v) is 11.0. The van der Waals surface area contributed by atoms with Gasteiger partial charge in [0, 0.05) is 37.4 Å². The zero-order valence-electron chi connectivity index (χ0n) is 11.0. The third kappa shape index (κ3) is 3.82. The fourth-order valence-corrected chi connectivity index (χ4v) is 2.49. The molecule has 1 aliphatic rings. The summed E-state index contributed by atoms with van der Waals surface area (Å²) in [5, 5.41) is 7.90. The van der Waals surface area contributed by atoms with Gasteiger partial charge in [-0.05, 0) is 33.4 Å². The minimum Gasteiger partial charge on any atom is -0.313 e. The van der Waals surface area contributed by atoms with Gasteiger partial charge in [0.2, 0.25) is 0 Å². The zero-order chi connectivity index (χ0) is 12.1. The average molecular weight is 236 g/mol. The first kappa shape index (κ1) is 12.6. The molecule has 1 N–H and O–H groups in total. The summed E-state index contributed by atoms with van der Waals surface area (Å²) in [6, 6.07) is 0.676. The minimum atomic E-state index is 0.676. The van der Waals surface area contributed by atoms with Gasteiger partial charge in [-0.15, -0.1) is 0 Å². The Kier molecular flexibility index (Phi) is 4.57. The largest absolute Gasteiger partial charge is 0.313 e. The van der Waals surface area contributed by atoms with Crippen molar-refractivity contribution in [2.24, 2.45) is 0 Å². The van der Waals surface area contributed by atoms with Crippen molar-refractivity contribution in [1.29, 1.82) is 0 Å². The third-order valence-electron chi connectivity index (χ3n) is 3.41. The molecule has 4 heteroatoms. The van der Waals surface area contributed by atoms with Gasteiger partial charge in [-0.1, -0.05) is 6.42 Å². The van der Waals surface area contributed by atoms with E-state index in [0.29, 0.717) is 6.04 Å². The number of hydrogen-bond acceptors (Lipinski definition) is 3. The van der Waals surface area contributed by atoms with E-state index in [1.807, 2.05) is 10.9 Å². The predicted molar refractivity (Wildman–Crippen MR) is 69.9 cm³/mol. The van der Waals surface area contributed by atoms with E-state index in [-0.39, 0.29) is 0 Å². The maximum atomic E-state index is 4.31. The molecule has 0 radical (unpaired) electrons. The molecule has 0 amide bonds. The number of likely N-dealkylation sites (N-methyl/N-ethyl adjacent to an activating group) is 1. The van der Waals surface area contributed by atoms with Crippen LogP contribution in [0.4, 0.5) is 0 Å². The lowest BCUT2D eigenvalue weighted by Crippen LogP contribution is -2.42. The second-order valence-corrected chi connectivity index (χ2v) is 5.05. The lowest BCUT2D eigenvalue weighted by molar-refractivity contribution is 0.256. The Morgan fingerprint density at radius 2 is 2.41 bits per heavy atom. The number of rotatable bonds is 5. The maximum absolute atomic E-state index is 4.31. The molecule has 2 rings (SSSR count). The molecular weight excluding hydrogens is 212 g/mol. The maximum Gasteiger partial charge on any atom is 0.0534 e. The highest BCUT2D eigenvalue weighted by Crippen LogP contribution is 2.09. The predicted octanol–water partition coefficient (Wildman–Crippen LogP) is 1.48. The Labute approximate surface area is 104 Å². The first-order chi connectivity index (χ1) is 8.28. The minimum absolute atomic E-state index is 0.676. The standard InChI is InChI=1S/C13H24N4/c1-3-17-10-12(8-15-17)9-16(2)11-13-6-4-5-7-14-13/h8,10,13-14H,3-7,9,11H2,1-2H3. The van der Waals surface area contributed by atoms with Gasteiger partial charge in [0.15, 0.2) is 0 Å². The van der Waals surface area contributed by atoms with Gasteiger partial charge >= 0.3 is 0 Å². The number of piperidine rings is 1. The van der Waals surface area contributed by atoms with E-state index in [1.54, 1.807) is 0 Å². The molecule has 0 saturated carbocycles. The molecule has 1 saturated heterocycles. The van der Waals surface area contributed by atoms with E-state index in [9.17, 15) is 0 Å². The highest BCUT2D eigenvalue weighted by molar-refractivity contribution is 5.03. The molecule has 96 valence electrons. The lowest BCUT2D eigenvalue weighted by atomic mass is 10.0. The molecule has 0 bridgehead atoms. The number of aryl methyl sites for hydroxylation is 1. The monoisotopic (exact) mass is 236 g/mol. The molecule has 1 unspecified atom stereocenters. The number of aromatic nitrogens is 2. The highest BCUT2D eigenvalue weighted by atomic mass is 15.3. The molecule has 0 aromatic carbocycles. The molecule has 0 spiro atoms. The van der Waals surface area contributed by atoms with E-state index in [1.165, 1.54) is 31.4 Å². The Balaban J connectivity index is 1.77. The first-order valence-corrected chi connectivity index (χ1v) is 6.71. The fraction of sp³-hybridized carbons (Fsp3) is 0.769. The van der Waals surface area contributed by atoms with Crippen LogP contribution in [0.3, 0.4) is 0 Å². The van der Waals surface area contributed by atoms with Crippen LogP contribution in [0.5, 0.6) is 0 Å². The highest BCUT2D eigenvalue weighted by Gasteiger charge is 2.14. The van der Waals surface area contributed by atoms with Gasteiger partial charge in [0.1, 0.15) is 0 Å². The van der Waals surface area contributed by atoms with Crippen LogP contribution in [0, 0.1) is 0 Å². The van der Waals surface area contributed by atoms with Gasteiger partial charge in [0.25, 0.3) is 0 Å². The normalized spacial score (nSPS) is 21.0. The second kappa shape index (κ2) is 6.17. The summed E-state index contributed by atoms with van der Waals surface area (Å²) in [6.07, 6.45) is 8.15. The van der Waals surface area contributed by atoms with E-state index >= 15 is 0 Å². The van der Waals surface area contributed by atoms with E-state index in [0.717, 1.165) is 19.6 Å². The van der Waals surface area contributed by atoms with Crippen LogP contribution in [-0.4, -0.2) is 40.9 Å². The first-order valence-electron chi connectivity index (χ1n) is 6.71. The Morgan fingerprint density at radius 1 is 1.53 bits per heavy atom. The van der Waals surface area contributed by atoms with Crippen molar-refractivity contribution in [3.8, 4) is 0 Å². The Morgan fingerprint density at radius 3 is 3.06 bits per heavy atom. The molecule has 1 fully saturated rings. The van der Waals surface area contributed by atoms with Crippen LogP contribution in [0.25, 0.3) is 0 Å². The van der Waals surface area contributed by atoms with Crippen molar-refractivity contribution in [2.75, 3.05) is 20.1 Å². The van der Waals surface area contributed by atoms with Gasteiger partial charge in [-0.25, -0.2) is 0 Å². The molecule has 1 aromatic rings. The summed E-state index contributed by atoms with van der Waals surface area (Å²) in [5.74, 6) is 0. The number of nitrogens with zero attached hydrogens (tertiary/aromatic N) is 3. The van der Waals surface area contributed by atoms with Gasteiger partial charge < -0.3 is 10.2 Å². The third-order valence-corrected chi connectivity index (χ3v) is 3.41. The molecule has 0 aliphatic carbocycles. The van der Waals surface area contributed by atoms with Crippen LogP contribution in [0.1, 0.15) is 31.7 Å². The van der Waals surface area contributed by atoms with Gasteiger partial charge in [0.05, 0.1) is 6.20 Å². The lowest BCUT2D eigenvalue weighted by Gasteiger charge is -2.27. The van der Waals surface area contributed by atoms with E-state index < -0.39 is 0 Å². The molecule has 1 atom stereocenters. The van der Waals surface area contributed by atoms with Crippen LogP contribution in [-0.2, 0) is 13.1 Å². The summed E-state index contributed by atoms with van der Waals surface area (Å²) >= 11 is 0. The van der Waals surface area contributed by atoms with Crippen molar-refractivity contribution in [2.45, 2.75) is 45.3 Å². The summed E-state index contributed by atoms with van der Waals surface area (Å²) in [7, 11) is 2.19. The number of nitrogens with one attached hydrogen (secondary N) is 1. The average Bonchev–Trinajstić information content (AvgIpc) is 2.78.